The van der Waals surface area contributed by atoms with Gasteiger partial charge in [0.2, 0.25) is 0 Å². The number of hydrogen-bond donors (Lipinski definition) is 3. The van der Waals surface area contributed by atoms with E-state index in [2.05, 4.69) is 20.6 Å². The van der Waals surface area contributed by atoms with Crippen LogP contribution in [-0.4, -0.2) is 15.2 Å². The highest BCUT2D eigenvalue weighted by Gasteiger charge is 2.02. The molecule has 72 valence electrons. The number of nitrogens with one attached hydrogen (secondary N) is 2. The lowest BCUT2D eigenvalue weighted by molar-refractivity contribution is 1.08. The van der Waals surface area contributed by atoms with Crippen LogP contribution in [0.1, 0.15) is 5.56 Å². The molecular weight excluding hydrogens is 178 g/mol. The maximum atomic E-state index is 5.17. The van der Waals surface area contributed by atoms with Crippen LogP contribution in [0.15, 0.2) is 24.3 Å². The van der Waals surface area contributed by atoms with Gasteiger partial charge < -0.3 is 0 Å². The molecule has 5 nitrogen and oxygen atoms in total. The van der Waals surface area contributed by atoms with Crippen molar-refractivity contribution in [2.45, 2.75) is 6.92 Å². The number of nitrogens with two attached hydrogens (primary N) is 1. The largest absolute Gasteiger partial charge is 0.291 e. The van der Waals surface area contributed by atoms with Gasteiger partial charge in [-0.25, -0.2) is 5.84 Å². The number of anilines is 1. The predicted molar refractivity (Wildman–Crippen MR) is 54.4 cm³/mol. The van der Waals surface area contributed by atoms with Gasteiger partial charge in [-0.3, -0.25) is 10.5 Å². The van der Waals surface area contributed by atoms with Gasteiger partial charge >= 0.3 is 0 Å². The van der Waals surface area contributed by atoms with E-state index in [1.165, 1.54) is 5.56 Å². The highest BCUT2D eigenvalue weighted by molar-refractivity contribution is 5.56. The van der Waals surface area contributed by atoms with Gasteiger partial charge in [0.1, 0.15) is 0 Å². The number of rotatable bonds is 2. The number of aromatic nitrogens is 3. The molecule has 0 bridgehead atoms. The summed E-state index contributed by atoms with van der Waals surface area (Å²) in [5.41, 5.74) is 4.58. The summed E-state index contributed by atoms with van der Waals surface area (Å²) in [5.74, 6) is 6.27. The molecular formula is C9H11N5. The molecule has 14 heavy (non-hydrogen) atoms. The Morgan fingerprint density at radius 2 is 2.00 bits per heavy atom. The second kappa shape index (κ2) is 3.47. The van der Waals surface area contributed by atoms with E-state index in [-0.39, 0.29) is 0 Å². The minimum Gasteiger partial charge on any atom is -0.291 e. The quantitative estimate of drug-likeness (QED) is 0.487. The number of aryl methyl sites for hydroxylation is 1. The Balaban J connectivity index is 2.34. The number of nitrogen functional groups attached to an aromatic ring is 1. The summed E-state index contributed by atoms with van der Waals surface area (Å²) in [5, 5.41) is 6.65. The van der Waals surface area contributed by atoms with E-state index in [0.29, 0.717) is 11.8 Å². The van der Waals surface area contributed by atoms with E-state index in [4.69, 9.17) is 5.84 Å². The van der Waals surface area contributed by atoms with Gasteiger partial charge in [0.25, 0.3) is 5.95 Å². The van der Waals surface area contributed by atoms with Gasteiger partial charge in [-0.05, 0) is 6.92 Å². The zero-order valence-electron chi connectivity index (χ0n) is 7.78. The zero-order chi connectivity index (χ0) is 9.97. The molecule has 0 aliphatic carbocycles. The van der Waals surface area contributed by atoms with Gasteiger partial charge in [0.05, 0.1) is 0 Å². The minimum absolute atomic E-state index is 0.389. The standard InChI is InChI=1S/C9H11N5/c1-6-2-4-7(5-3-6)8-11-9(12-10)14-13-8/h2-5H,10H2,1H3,(H2,11,12,13,14). The predicted octanol–water partition coefficient (Wildman–Crippen LogP) is 1.07. The molecule has 0 saturated heterocycles. The van der Waals surface area contributed by atoms with Crippen LogP contribution >= 0.6 is 0 Å². The highest BCUT2D eigenvalue weighted by Crippen LogP contribution is 2.15. The Labute approximate surface area is 81.3 Å². The van der Waals surface area contributed by atoms with Crippen molar-refractivity contribution in [2.75, 3.05) is 5.43 Å². The Morgan fingerprint density at radius 3 is 2.57 bits per heavy atom. The van der Waals surface area contributed by atoms with Crippen LogP contribution in [0, 0.1) is 6.92 Å². The van der Waals surface area contributed by atoms with Crippen molar-refractivity contribution in [1.82, 2.24) is 15.2 Å². The van der Waals surface area contributed by atoms with Crippen LogP contribution in [0.4, 0.5) is 5.95 Å². The first-order valence-corrected chi connectivity index (χ1v) is 4.25. The fourth-order valence-corrected chi connectivity index (χ4v) is 1.17. The molecule has 5 heteroatoms. The van der Waals surface area contributed by atoms with E-state index >= 15 is 0 Å². The first kappa shape index (κ1) is 8.71. The molecule has 0 saturated carbocycles. The first-order chi connectivity index (χ1) is 6.79. The van der Waals surface area contributed by atoms with E-state index in [9.17, 15) is 0 Å². The summed E-state index contributed by atoms with van der Waals surface area (Å²) in [4.78, 5) is 4.13. The van der Waals surface area contributed by atoms with Gasteiger partial charge in [0, 0.05) is 5.56 Å². The molecule has 1 aromatic carbocycles. The lowest BCUT2D eigenvalue weighted by atomic mass is 10.1. The topological polar surface area (TPSA) is 79.6 Å². The number of nitrogens with zero attached hydrogens (tertiary/aromatic N) is 2. The molecule has 0 fully saturated rings. The van der Waals surface area contributed by atoms with Crippen molar-refractivity contribution in [3.63, 3.8) is 0 Å². The molecule has 1 aromatic heterocycles. The van der Waals surface area contributed by atoms with Crippen molar-refractivity contribution in [2.24, 2.45) is 5.84 Å². The number of aromatic amines is 1. The van der Waals surface area contributed by atoms with Gasteiger partial charge in [0.15, 0.2) is 5.82 Å². The smallest absolute Gasteiger partial charge is 0.256 e. The molecule has 0 unspecified atom stereocenters. The normalized spacial score (nSPS) is 10.1. The van der Waals surface area contributed by atoms with Gasteiger partial charge in [-0.15, -0.1) is 5.10 Å². The van der Waals surface area contributed by atoms with Crippen molar-refractivity contribution in [1.29, 1.82) is 0 Å². The highest BCUT2D eigenvalue weighted by atomic mass is 15.4. The SMILES string of the molecule is Cc1ccc(-c2nc(NN)n[nH]2)cc1. The van der Waals surface area contributed by atoms with Crippen LogP contribution in [0.5, 0.6) is 0 Å². The second-order valence-corrected chi connectivity index (χ2v) is 3.02. The van der Waals surface area contributed by atoms with Gasteiger partial charge in [-0.1, -0.05) is 29.8 Å². The molecule has 4 N–H and O–H groups in total. The van der Waals surface area contributed by atoms with Crippen LogP contribution in [-0.2, 0) is 0 Å². The minimum atomic E-state index is 0.389. The van der Waals surface area contributed by atoms with Crippen molar-refractivity contribution < 1.29 is 0 Å². The van der Waals surface area contributed by atoms with Crippen molar-refractivity contribution >= 4 is 5.95 Å². The molecule has 0 spiro atoms. The zero-order valence-corrected chi connectivity index (χ0v) is 7.78. The fourth-order valence-electron chi connectivity index (χ4n) is 1.17. The molecule has 0 atom stereocenters. The third kappa shape index (κ3) is 1.57. The summed E-state index contributed by atoms with van der Waals surface area (Å²) >= 11 is 0. The Morgan fingerprint density at radius 1 is 1.29 bits per heavy atom. The summed E-state index contributed by atoms with van der Waals surface area (Å²) in [6.45, 7) is 2.04. The molecule has 1 heterocycles. The Hall–Kier alpha value is -1.88. The average Bonchev–Trinajstić information content (AvgIpc) is 2.67. The number of hydrogen-bond acceptors (Lipinski definition) is 4. The number of hydrazine groups is 1. The Bertz CT molecular complexity index is 417. The summed E-state index contributed by atoms with van der Waals surface area (Å²) in [7, 11) is 0. The fraction of sp³-hybridized carbons (Fsp3) is 0.111. The van der Waals surface area contributed by atoms with Crippen molar-refractivity contribution in [3.8, 4) is 11.4 Å². The monoisotopic (exact) mass is 189 g/mol. The van der Waals surface area contributed by atoms with E-state index in [1.54, 1.807) is 0 Å². The molecule has 2 aromatic rings. The number of H-pyrrole nitrogens is 1. The number of benzene rings is 1. The van der Waals surface area contributed by atoms with Crippen molar-refractivity contribution in [3.05, 3.63) is 29.8 Å². The van der Waals surface area contributed by atoms with Crippen LogP contribution in [0.25, 0.3) is 11.4 Å². The van der Waals surface area contributed by atoms with Crippen LogP contribution in [0.2, 0.25) is 0 Å². The molecule has 0 aliphatic rings. The maximum Gasteiger partial charge on any atom is 0.256 e. The average molecular weight is 189 g/mol. The van der Waals surface area contributed by atoms with E-state index in [0.717, 1.165) is 5.56 Å². The van der Waals surface area contributed by atoms with E-state index < -0.39 is 0 Å². The van der Waals surface area contributed by atoms with Gasteiger partial charge in [-0.2, -0.15) is 4.98 Å². The molecule has 0 amide bonds. The third-order valence-electron chi connectivity index (χ3n) is 1.94. The summed E-state index contributed by atoms with van der Waals surface area (Å²) in [6, 6.07) is 8.01. The van der Waals surface area contributed by atoms with E-state index in [1.807, 2.05) is 31.2 Å². The lowest BCUT2D eigenvalue weighted by Crippen LogP contribution is -2.07. The van der Waals surface area contributed by atoms with Crippen LogP contribution in [0.3, 0.4) is 0 Å². The van der Waals surface area contributed by atoms with Crippen LogP contribution < -0.4 is 11.3 Å². The lowest BCUT2D eigenvalue weighted by Gasteiger charge is -1.95. The maximum absolute atomic E-state index is 5.17. The molecule has 2 rings (SSSR count). The third-order valence-corrected chi connectivity index (χ3v) is 1.94. The second-order valence-electron chi connectivity index (χ2n) is 3.02. The summed E-state index contributed by atoms with van der Waals surface area (Å²) < 4.78 is 0. The summed E-state index contributed by atoms with van der Waals surface area (Å²) in [6.07, 6.45) is 0. The molecule has 0 aliphatic heterocycles. The first-order valence-electron chi connectivity index (χ1n) is 4.25. The molecule has 0 radical (unpaired) electrons. The Kier molecular flexibility index (Phi) is 2.16.